The first-order valence-electron chi connectivity index (χ1n) is 7.76. The molecule has 0 aliphatic heterocycles. The third-order valence-electron chi connectivity index (χ3n) is 3.91. The van der Waals surface area contributed by atoms with E-state index in [9.17, 15) is 0 Å². The first-order chi connectivity index (χ1) is 11.2. The van der Waals surface area contributed by atoms with E-state index < -0.39 is 0 Å². The van der Waals surface area contributed by atoms with Crippen molar-refractivity contribution in [2.75, 3.05) is 19.0 Å². The molecule has 0 spiro atoms. The fourth-order valence-electron chi connectivity index (χ4n) is 2.73. The van der Waals surface area contributed by atoms with E-state index in [1.54, 1.807) is 13.4 Å². The van der Waals surface area contributed by atoms with Crippen molar-refractivity contribution in [2.45, 2.75) is 20.3 Å². The highest BCUT2D eigenvalue weighted by molar-refractivity contribution is 5.89. The Labute approximate surface area is 136 Å². The van der Waals surface area contributed by atoms with E-state index in [0.717, 1.165) is 35.4 Å². The van der Waals surface area contributed by atoms with Gasteiger partial charge in [0.05, 0.1) is 12.6 Å². The van der Waals surface area contributed by atoms with E-state index in [4.69, 9.17) is 4.74 Å². The monoisotopic (exact) mass is 307 g/mol. The first-order valence-corrected chi connectivity index (χ1v) is 7.76. The first kappa shape index (κ1) is 15.3. The molecular formula is C19H21N3O. The minimum atomic E-state index is 0.792. The van der Waals surface area contributed by atoms with Gasteiger partial charge in [0.15, 0.2) is 0 Å². The van der Waals surface area contributed by atoms with Gasteiger partial charge in [-0.25, -0.2) is 9.97 Å². The number of methoxy groups -OCH3 is 1. The number of aryl methyl sites for hydroxylation is 2. The summed E-state index contributed by atoms with van der Waals surface area (Å²) in [5.41, 5.74) is 4.61. The molecule has 1 N–H and O–H groups in total. The Morgan fingerprint density at radius 1 is 1.00 bits per heavy atom. The van der Waals surface area contributed by atoms with Crippen LogP contribution >= 0.6 is 0 Å². The van der Waals surface area contributed by atoms with Crippen molar-refractivity contribution in [1.82, 2.24) is 9.97 Å². The molecule has 0 saturated heterocycles. The van der Waals surface area contributed by atoms with Crippen molar-refractivity contribution in [2.24, 2.45) is 0 Å². The van der Waals surface area contributed by atoms with Crippen LogP contribution in [0.1, 0.15) is 16.7 Å². The van der Waals surface area contributed by atoms with E-state index >= 15 is 0 Å². The Balaban J connectivity index is 1.77. The minimum absolute atomic E-state index is 0.792. The third kappa shape index (κ3) is 3.42. The highest BCUT2D eigenvalue weighted by Gasteiger charge is 2.06. The predicted molar refractivity (Wildman–Crippen MR) is 94.2 cm³/mol. The van der Waals surface area contributed by atoms with Gasteiger partial charge in [-0.15, -0.1) is 0 Å². The van der Waals surface area contributed by atoms with Crippen LogP contribution in [-0.4, -0.2) is 23.6 Å². The van der Waals surface area contributed by atoms with Gasteiger partial charge < -0.3 is 10.1 Å². The zero-order valence-corrected chi connectivity index (χ0v) is 13.8. The third-order valence-corrected chi connectivity index (χ3v) is 3.91. The number of ether oxygens (including phenoxy) is 1. The summed E-state index contributed by atoms with van der Waals surface area (Å²) in [6.07, 6.45) is 2.48. The summed E-state index contributed by atoms with van der Waals surface area (Å²) < 4.78 is 5.44. The molecule has 2 aromatic carbocycles. The van der Waals surface area contributed by atoms with E-state index in [1.165, 1.54) is 16.7 Å². The van der Waals surface area contributed by atoms with Crippen molar-refractivity contribution < 1.29 is 4.74 Å². The smallest absolute Gasteiger partial charge is 0.137 e. The topological polar surface area (TPSA) is 47.0 Å². The van der Waals surface area contributed by atoms with Gasteiger partial charge in [0, 0.05) is 11.9 Å². The normalized spacial score (nSPS) is 10.7. The Hall–Kier alpha value is -2.62. The molecule has 1 aromatic heterocycles. The van der Waals surface area contributed by atoms with E-state index in [2.05, 4.69) is 53.4 Å². The molecule has 0 atom stereocenters. The number of hydrogen-bond acceptors (Lipinski definition) is 4. The number of hydrogen-bond donors (Lipinski definition) is 1. The quantitative estimate of drug-likeness (QED) is 0.776. The Bertz CT molecular complexity index is 830. The van der Waals surface area contributed by atoms with Gasteiger partial charge >= 0.3 is 0 Å². The highest BCUT2D eigenvalue weighted by Crippen LogP contribution is 2.22. The molecule has 4 nitrogen and oxygen atoms in total. The van der Waals surface area contributed by atoms with Gasteiger partial charge in [0.2, 0.25) is 0 Å². The lowest BCUT2D eigenvalue weighted by molar-refractivity contribution is 0.410. The van der Waals surface area contributed by atoms with Crippen LogP contribution in [0, 0.1) is 13.8 Å². The number of benzene rings is 2. The summed E-state index contributed by atoms with van der Waals surface area (Å²) in [5, 5.41) is 4.49. The van der Waals surface area contributed by atoms with Gasteiger partial charge in [-0.1, -0.05) is 29.3 Å². The van der Waals surface area contributed by atoms with Crippen LogP contribution in [0.25, 0.3) is 10.9 Å². The van der Waals surface area contributed by atoms with Crippen molar-refractivity contribution in [1.29, 1.82) is 0 Å². The maximum absolute atomic E-state index is 5.44. The lowest BCUT2D eigenvalue weighted by Gasteiger charge is -2.11. The van der Waals surface area contributed by atoms with Gasteiger partial charge in [0.1, 0.15) is 17.9 Å². The molecule has 3 aromatic rings. The molecule has 118 valence electrons. The van der Waals surface area contributed by atoms with Crippen LogP contribution in [0.4, 0.5) is 5.82 Å². The molecule has 0 unspecified atom stereocenters. The average molecular weight is 307 g/mol. The number of nitrogens with zero attached hydrogens (tertiary/aromatic N) is 2. The second kappa shape index (κ2) is 6.65. The highest BCUT2D eigenvalue weighted by atomic mass is 16.5. The molecule has 0 fully saturated rings. The molecule has 1 heterocycles. The summed E-state index contributed by atoms with van der Waals surface area (Å²) in [5.74, 6) is 1.81. The van der Waals surface area contributed by atoms with Crippen molar-refractivity contribution in [3.8, 4) is 5.75 Å². The SMILES string of the molecule is COc1ccc(C)cc1CCNc1ncnc2ccc(C)cc12. The summed E-state index contributed by atoms with van der Waals surface area (Å²) in [6, 6.07) is 12.5. The van der Waals surface area contributed by atoms with Crippen LogP contribution in [0.3, 0.4) is 0 Å². The standard InChI is InChI=1S/C19H21N3O/c1-13-5-7-18(23-3)15(10-13)8-9-20-19-16-11-14(2)4-6-17(16)21-12-22-19/h4-7,10-12H,8-9H2,1-3H3,(H,20,21,22). The molecule has 0 aliphatic rings. The van der Waals surface area contributed by atoms with Gasteiger partial charge in [-0.2, -0.15) is 0 Å². The van der Waals surface area contributed by atoms with Crippen LogP contribution in [0.5, 0.6) is 5.75 Å². The average Bonchev–Trinajstić information content (AvgIpc) is 2.55. The van der Waals surface area contributed by atoms with E-state index in [1.807, 2.05) is 12.1 Å². The summed E-state index contributed by atoms with van der Waals surface area (Å²) in [6.45, 7) is 4.96. The molecule has 23 heavy (non-hydrogen) atoms. The fourth-order valence-corrected chi connectivity index (χ4v) is 2.73. The van der Waals surface area contributed by atoms with Gasteiger partial charge in [-0.05, 0) is 44.0 Å². The number of nitrogens with one attached hydrogen (secondary N) is 1. The lowest BCUT2D eigenvalue weighted by Crippen LogP contribution is -2.08. The van der Waals surface area contributed by atoms with Crippen molar-refractivity contribution in [3.05, 3.63) is 59.4 Å². The molecule has 0 amide bonds. The predicted octanol–water partition coefficient (Wildman–Crippen LogP) is 3.91. The van der Waals surface area contributed by atoms with E-state index in [0.29, 0.717) is 0 Å². The van der Waals surface area contributed by atoms with Gasteiger partial charge in [0.25, 0.3) is 0 Å². The zero-order chi connectivity index (χ0) is 16.2. The molecule has 3 rings (SSSR count). The Morgan fingerprint density at radius 3 is 2.61 bits per heavy atom. The molecule has 0 aliphatic carbocycles. The number of anilines is 1. The number of rotatable bonds is 5. The molecule has 4 heteroatoms. The fraction of sp³-hybridized carbons (Fsp3) is 0.263. The molecular weight excluding hydrogens is 286 g/mol. The Morgan fingerprint density at radius 2 is 1.78 bits per heavy atom. The molecule has 0 saturated carbocycles. The van der Waals surface area contributed by atoms with Crippen LogP contribution in [0.15, 0.2) is 42.7 Å². The second-order valence-corrected chi connectivity index (χ2v) is 5.73. The van der Waals surface area contributed by atoms with Crippen molar-refractivity contribution in [3.63, 3.8) is 0 Å². The summed E-state index contributed by atoms with van der Waals surface area (Å²) in [7, 11) is 1.71. The summed E-state index contributed by atoms with van der Waals surface area (Å²) in [4.78, 5) is 8.70. The van der Waals surface area contributed by atoms with Gasteiger partial charge in [-0.3, -0.25) is 0 Å². The second-order valence-electron chi connectivity index (χ2n) is 5.73. The maximum atomic E-state index is 5.44. The molecule has 0 radical (unpaired) electrons. The van der Waals surface area contributed by atoms with Crippen LogP contribution in [-0.2, 0) is 6.42 Å². The van der Waals surface area contributed by atoms with Crippen LogP contribution < -0.4 is 10.1 Å². The number of fused-ring (bicyclic) bond motifs is 1. The van der Waals surface area contributed by atoms with Crippen molar-refractivity contribution >= 4 is 16.7 Å². The zero-order valence-electron chi connectivity index (χ0n) is 13.8. The largest absolute Gasteiger partial charge is 0.496 e. The summed E-state index contributed by atoms with van der Waals surface area (Å²) >= 11 is 0. The number of aromatic nitrogens is 2. The lowest BCUT2D eigenvalue weighted by atomic mass is 10.1. The Kier molecular flexibility index (Phi) is 4.42. The maximum Gasteiger partial charge on any atom is 0.137 e. The van der Waals surface area contributed by atoms with Crippen LogP contribution in [0.2, 0.25) is 0 Å². The van der Waals surface area contributed by atoms with E-state index in [-0.39, 0.29) is 0 Å². The minimum Gasteiger partial charge on any atom is -0.496 e. The molecule has 0 bridgehead atoms.